The maximum atomic E-state index is 12.0. The number of hydrogen-bond acceptors (Lipinski definition) is 3. The van der Waals surface area contributed by atoms with Gasteiger partial charge in [0, 0.05) is 10.5 Å². The van der Waals surface area contributed by atoms with E-state index in [1.807, 2.05) is 0 Å². The van der Waals surface area contributed by atoms with Crippen LogP contribution >= 0.6 is 15.9 Å². The fourth-order valence-corrected chi connectivity index (χ4v) is 3.72. The molecule has 0 aliphatic carbocycles. The molecule has 1 fully saturated rings. The van der Waals surface area contributed by atoms with E-state index in [0.29, 0.717) is 4.90 Å². The van der Waals surface area contributed by atoms with E-state index in [4.69, 9.17) is 0 Å². The summed E-state index contributed by atoms with van der Waals surface area (Å²) in [5, 5.41) is 3.21. The predicted molar refractivity (Wildman–Crippen MR) is 67.2 cm³/mol. The van der Waals surface area contributed by atoms with Crippen LogP contribution in [0, 0.1) is 0 Å². The van der Waals surface area contributed by atoms with Crippen LogP contribution in [0.1, 0.15) is 12.8 Å². The van der Waals surface area contributed by atoms with Crippen LogP contribution in [0.4, 0.5) is 0 Å². The van der Waals surface area contributed by atoms with Crippen molar-refractivity contribution in [1.82, 2.24) is 5.32 Å². The zero-order valence-corrected chi connectivity index (χ0v) is 11.2. The average Bonchev–Trinajstić information content (AvgIpc) is 2.70. The van der Waals surface area contributed by atoms with Gasteiger partial charge in [-0.3, -0.25) is 0 Å². The summed E-state index contributed by atoms with van der Waals surface area (Å²) in [5.74, 6) is 0.203. The maximum absolute atomic E-state index is 12.0. The Morgan fingerprint density at radius 1 is 1.31 bits per heavy atom. The van der Waals surface area contributed by atoms with Crippen molar-refractivity contribution in [3.8, 4) is 0 Å². The molecule has 16 heavy (non-hydrogen) atoms. The van der Waals surface area contributed by atoms with Gasteiger partial charge < -0.3 is 5.32 Å². The molecule has 0 aromatic heterocycles. The van der Waals surface area contributed by atoms with Crippen molar-refractivity contribution in [2.45, 2.75) is 23.8 Å². The zero-order chi connectivity index (χ0) is 11.6. The summed E-state index contributed by atoms with van der Waals surface area (Å²) in [5.41, 5.74) is 0. The maximum Gasteiger partial charge on any atom is 0.179 e. The Hall–Kier alpha value is -0.390. The average molecular weight is 304 g/mol. The van der Waals surface area contributed by atoms with Crippen molar-refractivity contribution in [1.29, 1.82) is 0 Å². The van der Waals surface area contributed by atoms with E-state index in [0.717, 1.165) is 23.9 Å². The van der Waals surface area contributed by atoms with Crippen LogP contribution in [0.3, 0.4) is 0 Å². The number of rotatable bonds is 3. The fraction of sp³-hybridized carbons (Fsp3) is 0.455. The molecule has 1 unspecified atom stereocenters. The Morgan fingerprint density at radius 3 is 2.56 bits per heavy atom. The monoisotopic (exact) mass is 303 g/mol. The first-order valence-electron chi connectivity index (χ1n) is 5.30. The summed E-state index contributed by atoms with van der Waals surface area (Å²) < 4.78 is 25.0. The second-order valence-electron chi connectivity index (χ2n) is 4.03. The molecule has 88 valence electrons. The highest BCUT2D eigenvalue weighted by molar-refractivity contribution is 9.10. The molecule has 3 nitrogen and oxygen atoms in total. The highest BCUT2D eigenvalue weighted by Gasteiger charge is 2.23. The van der Waals surface area contributed by atoms with Gasteiger partial charge in [0.25, 0.3) is 0 Å². The lowest BCUT2D eigenvalue weighted by Gasteiger charge is -2.10. The van der Waals surface area contributed by atoms with Crippen LogP contribution in [-0.2, 0) is 9.84 Å². The molecule has 0 radical (unpaired) electrons. The lowest BCUT2D eigenvalue weighted by atomic mass is 10.3. The third-order valence-electron chi connectivity index (χ3n) is 2.76. The van der Waals surface area contributed by atoms with Crippen LogP contribution in [-0.4, -0.2) is 26.8 Å². The Morgan fingerprint density at radius 2 is 2.00 bits per heavy atom. The first kappa shape index (κ1) is 12.1. The van der Waals surface area contributed by atoms with Crippen LogP contribution in [0.2, 0.25) is 0 Å². The molecule has 1 aromatic rings. The standard InChI is InChI=1S/C11H14BrNO2S/c12-9-3-5-11(6-4-9)16(14,15)8-10-2-1-7-13-10/h3-6,10,13H,1-2,7-8H2. The minimum atomic E-state index is -3.14. The van der Waals surface area contributed by atoms with Crippen LogP contribution in [0.5, 0.6) is 0 Å². The number of hydrogen-bond donors (Lipinski definition) is 1. The molecule has 2 rings (SSSR count). The molecule has 1 aromatic carbocycles. The Kier molecular flexibility index (Phi) is 3.66. The zero-order valence-electron chi connectivity index (χ0n) is 8.82. The van der Waals surface area contributed by atoms with Gasteiger partial charge in [-0.25, -0.2) is 8.42 Å². The molecule has 0 amide bonds. The minimum Gasteiger partial charge on any atom is -0.313 e. The predicted octanol–water partition coefficient (Wildman–Crippen LogP) is 1.97. The number of halogens is 1. The quantitative estimate of drug-likeness (QED) is 0.929. The first-order valence-corrected chi connectivity index (χ1v) is 7.74. The van der Waals surface area contributed by atoms with Gasteiger partial charge in [0.15, 0.2) is 9.84 Å². The molecule has 1 N–H and O–H groups in total. The largest absolute Gasteiger partial charge is 0.313 e. The summed E-state index contributed by atoms with van der Waals surface area (Å²) >= 11 is 3.29. The molecular weight excluding hydrogens is 290 g/mol. The summed E-state index contributed by atoms with van der Waals surface area (Å²) in [7, 11) is -3.14. The van der Waals surface area contributed by atoms with E-state index in [-0.39, 0.29) is 11.8 Å². The lowest BCUT2D eigenvalue weighted by Crippen LogP contribution is -2.29. The van der Waals surface area contributed by atoms with Gasteiger partial charge in [-0.1, -0.05) is 15.9 Å². The smallest absolute Gasteiger partial charge is 0.179 e. The van der Waals surface area contributed by atoms with Crippen molar-refractivity contribution in [2.24, 2.45) is 0 Å². The highest BCUT2D eigenvalue weighted by atomic mass is 79.9. The van der Waals surface area contributed by atoms with Crippen molar-refractivity contribution in [3.05, 3.63) is 28.7 Å². The SMILES string of the molecule is O=S(=O)(CC1CCCN1)c1ccc(Br)cc1. The number of benzene rings is 1. The van der Waals surface area contributed by atoms with Crippen molar-refractivity contribution >= 4 is 25.8 Å². The molecule has 1 atom stereocenters. The summed E-state index contributed by atoms with van der Waals surface area (Å²) in [6, 6.07) is 6.93. The molecule has 0 saturated carbocycles. The van der Waals surface area contributed by atoms with Gasteiger partial charge >= 0.3 is 0 Å². The summed E-state index contributed by atoms with van der Waals surface area (Å²) in [4.78, 5) is 0.407. The second-order valence-corrected chi connectivity index (χ2v) is 6.98. The van der Waals surface area contributed by atoms with Gasteiger partial charge in [0.2, 0.25) is 0 Å². The Bertz CT molecular complexity index is 449. The van der Waals surface area contributed by atoms with Crippen molar-refractivity contribution in [3.63, 3.8) is 0 Å². The highest BCUT2D eigenvalue weighted by Crippen LogP contribution is 2.18. The molecule has 1 aliphatic heterocycles. The fourth-order valence-electron chi connectivity index (χ4n) is 1.90. The number of nitrogens with one attached hydrogen (secondary N) is 1. The van der Waals surface area contributed by atoms with E-state index in [9.17, 15) is 8.42 Å². The topological polar surface area (TPSA) is 46.2 Å². The first-order chi connectivity index (χ1) is 7.58. The normalized spacial score (nSPS) is 21.2. The van der Waals surface area contributed by atoms with E-state index < -0.39 is 9.84 Å². The molecule has 1 saturated heterocycles. The minimum absolute atomic E-state index is 0.119. The third-order valence-corrected chi connectivity index (χ3v) is 5.12. The van der Waals surface area contributed by atoms with E-state index in [1.54, 1.807) is 24.3 Å². The molecule has 5 heteroatoms. The molecule has 0 bridgehead atoms. The van der Waals surface area contributed by atoms with Gasteiger partial charge in [0.1, 0.15) is 0 Å². The molecule has 1 aliphatic rings. The molecule has 0 spiro atoms. The van der Waals surface area contributed by atoms with Gasteiger partial charge in [0.05, 0.1) is 10.6 Å². The van der Waals surface area contributed by atoms with Gasteiger partial charge in [-0.2, -0.15) is 0 Å². The van der Waals surface area contributed by atoms with Gasteiger partial charge in [-0.15, -0.1) is 0 Å². The van der Waals surface area contributed by atoms with E-state index in [1.165, 1.54) is 0 Å². The van der Waals surface area contributed by atoms with Crippen molar-refractivity contribution in [2.75, 3.05) is 12.3 Å². The van der Waals surface area contributed by atoms with Crippen molar-refractivity contribution < 1.29 is 8.42 Å². The Balaban J connectivity index is 2.14. The van der Waals surface area contributed by atoms with Crippen LogP contribution in [0.25, 0.3) is 0 Å². The summed E-state index contributed by atoms with van der Waals surface area (Å²) in [6.45, 7) is 0.931. The second kappa shape index (κ2) is 4.85. The lowest BCUT2D eigenvalue weighted by molar-refractivity contribution is 0.577. The van der Waals surface area contributed by atoms with E-state index >= 15 is 0 Å². The third kappa shape index (κ3) is 2.84. The Labute approximate surface area is 104 Å². The number of sulfone groups is 1. The molecular formula is C11H14BrNO2S. The van der Waals surface area contributed by atoms with Crippen LogP contribution in [0.15, 0.2) is 33.6 Å². The van der Waals surface area contributed by atoms with Gasteiger partial charge in [-0.05, 0) is 43.7 Å². The summed E-state index contributed by atoms with van der Waals surface area (Å²) in [6.07, 6.45) is 2.02. The molecule has 1 heterocycles. The van der Waals surface area contributed by atoms with E-state index in [2.05, 4.69) is 21.2 Å². The van der Waals surface area contributed by atoms with Crippen LogP contribution < -0.4 is 5.32 Å².